The Bertz CT molecular complexity index is 645. The minimum Gasteiger partial charge on any atom is -0.615 e. The summed E-state index contributed by atoms with van der Waals surface area (Å²) in [5.41, 5.74) is 2.17. The Morgan fingerprint density at radius 1 is 1.23 bits per heavy atom. The second-order valence-electron chi connectivity index (χ2n) is 4.94. The topological polar surface area (TPSA) is 52.2 Å². The molecule has 0 fully saturated rings. The highest BCUT2D eigenvalue weighted by molar-refractivity contribution is 7.92. The zero-order valence-electron chi connectivity index (χ0n) is 12.5. The summed E-state index contributed by atoms with van der Waals surface area (Å²) in [5, 5.41) is 2.21. The Kier molecular flexibility index (Phi) is 5.57. The maximum Gasteiger partial charge on any atom is 0.269 e. The zero-order chi connectivity index (χ0) is 16.1. The lowest BCUT2D eigenvalue weighted by Gasteiger charge is -2.18. The smallest absolute Gasteiger partial charge is 0.269 e. The van der Waals surface area contributed by atoms with Crippen molar-refractivity contribution in [3.05, 3.63) is 59.9 Å². The molecule has 2 rings (SSSR count). The average molecular weight is 319 g/mol. The molecule has 0 spiro atoms. The number of carbonyl (C=O) groups is 1. The second kappa shape index (κ2) is 7.42. The van der Waals surface area contributed by atoms with Crippen molar-refractivity contribution in [2.24, 2.45) is 0 Å². The highest BCUT2D eigenvalue weighted by Crippen LogP contribution is 2.27. The highest BCUT2D eigenvalue weighted by Gasteiger charge is 2.22. The van der Waals surface area contributed by atoms with Gasteiger partial charge < -0.3 is 9.87 Å². The van der Waals surface area contributed by atoms with Crippen molar-refractivity contribution in [1.82, 2.24) is 5.32 Å². The van der Waals surface area contributed by atoms with E-state index < -0.39 is 11.2 Å². The third-order valence-corrected chi connectivity index (χ3v) is 5.12. The first-order chi connectivity index (χ1) is 10.5. The zero-order valence-corrected chi connectivity index (χ0v) is 13.3. The number of halogens is 1. The number of hydrogen-bond donors (Lipinski definition) is 1. The van der Waals surface area contributed by atoms with Crippen LogP contribution in [-0.2, 0) is 16.0 Å². The van der Waals surface area contributed by atoms with Crippen LogP contribution in [0.25, 0.3) is 11.1 Å². The van der Waals surface area contributed by atoms with Crippen LogP contribution in [0.15, 0.2) is 48.5 Å². The molecule has 1 N–H and O–H groups in total. The van der Waals surface area contributed by atoms with Gasteiger partial charge in [0.15, 0.2) is 5.75 Å². The quantitative estimate of drug-likeness (QED) is 0.861. The lowest BCUT2D eigenvalue weighted by Crippen LogP contribution is -2.29. The van der Waals surface area contributed by atoms with Gasteiger partial charge in [-0.15, -0.1) is 0 Å². The number of nitrogens with one attached hydrogen (secondary N) is 1. The molecule has 5 heteroatoms. The van der Waals surface area contributed by atoms with Gasteiger partial charge in [0.25, 0.3) is 5.91 Å². The van der Waals surface area contributed by atoms with Crippen molar-refractivity contribution in [2.75, 3.05) is 12.8 Å². The highest BCUT2D eigenvalue weighted by atomic mass is 32.2. The maximum absolute atomic E-state index is 13.8. The van der Waals surface area contributed by atoms with Crippen LogP contribution in [0.3, 0.4) is 0 Å². The monoisotopic (exact) mass is 319 g/mol. The van der Waals surface area contributed by atoms with Crippen molar-refractivity contribution in [3.63, 3.8) is 0 Å². The summed E-state index contributed by atoms with van der Waals surface area (Å²) in [6.45, 7) is 1.82. The predicted octanol–water partition coefficient (Wildman–Crippen LogP) is 3.05. The minimum atomic E-state index is -1.29. The molecule has 0 bridgehead atoms. The third-order valence-electron chi connectivity index (χ3n) is 3.51. The summed E-state index contributed by atoms with van der Waals surface area (Å²) < 4.78 is 25.9. The number of benzene rings is 2. The van der Waals surface area contributed by atoms with Crippen LogP contribution in [0.4, 0.5) is 4.39 Å². The molecule has 2 unspecified atom stereocenters. The van der Waals surface area contributed by atoms with Crippen LogP contribution in [0.5, 0.6) is 0 Å². The molecule has 0 saturated carbocycles. The van der Waals surface area contributed by atoms with Crippen LogP contribution < -0.4 is 5.32 Å². The van der Waals surface area contributed by atoms with Gasteiger partial charge in [-0.2, -0.15) is 0 Å². The molecule has 0 heterocycles. The van der Waals surface area contributed by atoms with Crippen molar-refractivity contribution in [2.45, 2.75) is 12.2 Å². The van der Waals surface area contributed by atoms with Gasteiger partial charge in [0.2, 0.25) is 0 Å². The molecule has 22 heavy (non-hydrogen) atoms. The average Bonchev–Trinajstić information content (AvgIpc) is 2.54. The van der Waals surface area contributed by atoms with Gasteiger partial charge in [0.1, 0.15) is 11.1 Å². The van der Waals surface area contributed by atoms with Gasteiger partial charge in [-0.05, 0) is 29.7 Å². The molecule has 0 aromatic heterocycles. The van der Waals surface area contributed by atoms with Crippen LogP contribution in [0.1, 0.15) is 17.7 Å². The van der Waals surface area contributed by atoms with E-state index in [-0.39, 0.29) is 22.7 Å². The van der Waals surface area contributed by atoms with E-state index in [2.05, 4.69) is 5.32 Å². The first-order valence-electron chi connectivity index (χ1n) is 6.95. The Morgan fingerprint density at radius 3 is 2.45 bits per heavy atom. The summed E-state index contributed by atoms with van der Waals surface area (Å²) in [5.74, 6) is -0.535. The van der Waals surface area contributed by atoms with Crippen molar-refractivity contribution in [1.29, 1.82) is 0 Å². The molecule has 0 aliphatic carbocycles. The van der Waals surface area contributed by atoms with Gasteiger partial charge in [-0.25, -0.2) is 4.39 Å². The summed E-state index contributed by atoms with van der Waals surface area (Å²) in [6.07, 6.45) is 0. The molecule has 0 aliphatic heterocycles. The van der Waals surface area contributed by atoms with Gasteiger partial charge in [-0.1, -0.05) is 42.5 Å². The summed E-state index contributed by atoms with van der Waals surface area (Å²) in [4.78, 5) is 11.3. The lowest BCUT2D eigenvalue weighted by molar-refractivity contribution is -0.118. The van der Waals surface area contributed by atoms with Crippen LogP contribution >= 0.6 is 0 Å². The van der Waals surface area contributed by atoms with E-state index in [4.69, 9.17) is 0 Å². The molecule has 2 aromatic carbocycles. The summed E-state index contributed by atoms with van der Waals surface area (Å²) >= 11 is -1.29. The van der Waals surface area contributed by atoms with E-state index in [1.54, 1.807) is 30.3 Å². The largest absolute Gasteiger partial charge is 0.615 e. The molecular weight excluding hydrogens is 301 g/mol. The predicted molar refractivity (Wildman–Crippen MR) is 87.3 cm³/mol. The van der Waals surface area contributed by atoms with E-state index >= 15 is 0 Å². The molecule has 116 valence electrons. The number of amides is 1. The Hall–Kier alpha value is -1.85. The van der Waals surface area contributed by atoms with E-state index in [9.17, 15) is 13.7 Å². The first-order valence-corrected chi connectivity index (χ1v) is 8.33. The molecule has 0 aliphatic rings. The normalized spacial score (nSPS) is 13.5. The van der Waals surface area contributed by atoms with E-state index in [0.717, 1.165) is 11.1 Å². The molecule has 2 atom stereocenters. The Morgan fingerprint density at radius 2 is 1.86 bits per heavy atom. The van der Waals surface area contributed by atoms with Crippen molar-refractivity contribution >= 4 is 17.1 Å². The number of hydrogen-bond acceptors (Lipinski definition) is 2. The van der Waals surface area contributed by atoms with E-state index in [0.29, 0.717) is 5.56 Å². The van der Waals surface area contributed by atoms with Gasteiger partial charge in [-0.3, -0.25) is 4.79 Å². The molecule has 1 amide bonds. The SMILES string of the molecule is CNC(=O)C[S+]([O-])C(C)c1ccc(-c2ccccc2F)cc1. The Labute approximate surface area is 132 Å². The fourth-order valence-electron chi connectivity index (χ4n) is 2.11. The van der Waals surface area contributed by atoms with Gasteiger partial charge in [0, 0.05) is 18.2 Å². The Balaban J connectivity index is 2.15. The van der Waals surface area contributed by atoms with E-state index in [1.165, 1.54) is 13.1 Å². The maximum atomic E-state index is 13.8. The number of carbonyl (C=O) groups excluding carboxylic acids is 1. The molecule has 0 radical (unpaired) electrons. The van der Waals surface area contributed by atoms with Gasteiger partial charge in [0.05, 0.1) is 0 Å². The van der Waals surface area contributed by atoms with Crippen LogP contribution in [-0.4, -0.2) is 23.3 Å². The van der Waals surface area contributed by atoms with E-state index in [1.807, 2.05) is 19.1 Å². The lowest BCUT2D eigenvalue weighted by atomic mass is 10.0. The third kappa shape index (κ3) is 3.87. The van der Waals surface area contributed by atoms with Gasteiger partial charge >= 0.3 is 0 Å². The molecule has 3 nitrogen and oxygen atoms in total. The fraction of sp³-hybridized carbons (Fsp3) is 0.235. The fourth-order valence-corrected chi connectivity index (χ4v) is 3.22. The number of rotatable bonds is 5. The standard InChI is InChI=1S/C17H18FNO2S/c1-12(22(21)11-17(20)19-2)13-7-9-14(10-8-13)15-5-3-4-6-16(15)18/h3-10,12H,11H2,1-2H3,(H,19,20). The first kappa shape index (κ1) is 16.5. The minimum absolute atomic E-state index is 0.0211. The van der Waals surface area contributed by atoms with Crippen LogP contribution in [0, 0.1) is 5.82 Å². The second-order valence-corrected chi connectivity index (χ2v) is 6.70. The van der Waals surface area contributed by atoms with Crippen molar-refractivity contribution < 1.29 is 13.7 Å². The molecule has 2 aromatic rings. The van der Waals surface area contributed by atoms with Crippen LogP contribution in [0.2, 0.25) is 0 Å². The molecule has 0 saturated heterocycles. The van der Waals surface area contributed by atoms with Crippen molar-refractivity contribution in [3.8, 4) is 11.1 Å². The summed E-state index contributed by atoms with van der Waals surface area (Å²) in [7, 11) is 1.52. The molecular formula is C17H18FNO2S. The summed E-state index contributed by atoms with van der Waals surface area (Å²) in [6, 6.07) is 13.8.